The summed E-state index contributed by atoms with van der Waals surface area (Å²) in [5.41, 5.74) is 6.93. The van der Waals surface area contributed by atoms with E-state index in [1.54, 1.807) is 37.3 Å². The number of nitrogens with two attached hydrogens (primary N) is 1. The minimum absolute atomic E-state index is 0.00219. The number of ether oxygens (including phenoxy) is 2. The Bertz CT molecular complexity index is 1510. The molecule has 35 heavy (non-hydrogen) atoms. The number of aromatic nitrogens is 1. The van der Waals surface area contributed by atoms with Crippen LogP contribution < -0.4 is 20.5 Å². The Hall–Kier alpha value is -4.31. The molecule has 10 heteroatoms. The lowest BCUT2D eigenvalue weighted by atomic mass is 9.83. The van der Waals surface area contributed by atoms with Crippen molar-refractivity contribution in [1.82, 2.24) is 4.57 Å². The van der Waals surface area contributed by atoms with Crippen molar-refractivity contribution in [1.29, 1.82) is 0 Å². The number of fused-ring (bicyclic) bond motifs is 1. The number of rotatable bonds is 5. The van der Waals surface area contributed by atoms with Crippen LogP contribution in [-0.4, -0.2) is 40.4 Å². The first-order chi connectivity index (χ1) is 16.8. The standard InChI is InChI=1S/C25H22N2O7S/c1-3-34-25(32)20-18(14-6-10-16(29)11-7-14)19(24(31)33-2)21(26)27-22(30)17(35-23(20)27)12-13-4-8-15(28)9-5-13/h4-12,18,28-29H,3,26H2,1-2H3/t18-/m0/s1. The molecule has 180 valence electrons. The average Bonchev–Trinajstić information content (AvgIpc) is 3.16. The summed E-state index contributed by atoms with van der Waals surface area (Å²) in [6, 6.07) is 12.2. The van der Waals surface area contributed by atoms with E-state index in [2.05, 4.69) is 0 Å². The minimum atomic E-state index is -0.998. The fraction of sp³-hybridized carbons (Fsp3) is 0.160. The molecule has 4 N–H and O–H groups in total. The molecule has 1 atom stereocenters. The average molecular weight is 495 g/mol. The van der Waals surface area contributed by atoms with Gasteiger partial charge < -0.3 is 25.4 Å². The summed E-state index contributed by atoms with van der Waals surface area (Å²) < 4.78 is 11.9. The second-order valence-corrected chi connectivity index (χ2v) is 8.63. The molecule has 0 spiro atoms. The molecule has 0 fully saturated rings. The van der Waals surface area contributed by atoms with Crippen molar-refractivity contribution < 1.29 is 29.3 Å². The van der Waals surface area contributed by atoms with Gasteiger partial charge in [-0.25, -0.2) is 9.59 Å². The highest BCUT2D eigenvalue weighted by molar-refractivity contribution is 7.07. The molecule has 0 saturated carbocycles. The van der Waals surface area contributed by atoms with Crippen LogP contribution in [0.2, 0.25) is 0 Å². The molecule has 0 amide bonds. The monoisotopic (exact) mass is 494 g/mol. The lowest BCUT2D eigenvalue weighted by Crippen LogP contribution is -2.41. The maximum Gasteiger partial charge on any atom is 0.338 e. The van der Waals surface area contributed by atoms with Gasteiger partial charge in [0.1, 0.15) is 22.0 Å². The van der Waals surface area contributed by atoms with Crippen LogP contribution in [0.1, 0.15) is 24.0 Å². The number of hydrogen-bond acceptors (Lipinski definition) is 9. The molecule has 1 aromatic heterocycles. The summed E-state index contributed by atoms with van der Waals surface area (Å²) in [6.07, 6.45) is 1.60. The second kappa shape index (κ2) is 9.51. The Morgan fingerprint density at radius 1 is 1.03 bits per heavy atom. The Kier molecular flexibility index (Phi) is 6.48. The van der Waals surface area contributed by atoms with Crippen LogP contribution in [0, 0.1) is 0 Å². The van der Waals surface area contributed by atoms with E-state index < -0.39 is 23.4 Å². The lowest BCUT2D eigenvalue weighted by Gasteiger charge is -2.26. The molecule has 2 aromatic carbocycles. The number of aromatic hydroxyl groups is 2. The van der Waals surface area contributed by atoms with Crippen LogP contribution in [0.5, 0.6) is 11.5 Å². The first kappa shape index (κ1) is 23.8. The van der Waals surface area contributed by atoms with E-state index >= 15 is 0 Å². The predicted molar refractivity (Wildman–Crippen MR) is 130 cm³/mol. The number of benzene rings is 2. The zero-order valence-electron chi connectivity index (χ0n) is 18.8. The molecule has 0 bridgehead atoms. The summed E-state index contributed by atoms with van der Waals surface area (Å²) in [4.78, 5) is 39.5. The van der Waals surface area contributed by atoms with Gasteiger partial charge in [-0.2, -0.15) is 0 Å². The Morgan fingerprint density at radius 3 is 2.20 bits per heavy atom. The summed E-state index contributed by atoms with van der Waals surface area (Å²) in [6.45, 7) is 1.72. The Balaban J connectivity index is 2.11. The number of methoxy groups -OCH3 is 1. The zero-order valence-corrected chi connectivity index (χ0v) is 19.7. The molecule has 0 saturated heterocycles. The Labute approximate surface area is 203 Å². The van der Waals surface area contributed by atoms with E-state index in [0.717, 1.165) is 15.9 Å². The Morgan fingerprint density at radius 2 is 1.63 bits per heavy atom. The van der Waals surface area contributed by atoms with E-state index in [1.165, 1.54) is 31.4 Å². The van der Waals surface area contributed by atoms with Crippen molar-refractivity contribution in [3.8, 4) is 11.5 Å². The molecule has 0 aliphatic carbocycles. The SMILES string of the molecule is CCOC(=O)C1=c2sc(=Cc3ccc(O)cc3)c(=O)n2C(N)=C(C(=O)OC)[C@@H]1c1ccc(O)cc1. The van der Waals surface area contributed by atoms with Crippen LogP contribution in [0.25, 0.3) is 17.5 Å². The number of carbonyl (C=O) groups excluding carboxylic acids is 2. The molecule has 9 nitrogen and oxygen atoms in total. The van der Waals surface area contributed by atoms with Crippen molar-refractivity contribution in [2.75, 3.05) is 13.7 Å². The smallest absolute Gasteiger partial charge is 0.338 e. The van der Waals surface area contributed by atoms with Gasteiger partial charge in [0.25, 0.3) is 5.56 Å². The zero-order chi connectivity index (χ0) is 25.3. The molecule has 0 radical (unpaired) electrons. The van der Waals surface area contributed by atoms with Crippen molar-refractivity contribution in [2.45, 2.75) is 12.8 Å². The van der Waals surface area contributed by atoms with Crippen molar-refractivity contribution in [3.63, 3.8) is 0 Å². The molecule has 2 heterocycles. The highest BCUT2D eigenvalue weighted by Crippen LogP contribution is 2.38. The fourth-order valence-electron chi connectivity index (χ4n) is 3.89. The first-order valence-electron chi connectivity index (χ1n) is 10.6. The highest BCUT2D eigenvalue weighted by atomic mass is 32.1. The van der Waals surface area contributed by atoms with Gasteiger partial charge >= 0.3 is 11.9 Å². The van der Waals surface area contributed by atoms with Crippen LogP contribution in [0.4, 0.5) is 0 Å². The molecular weight excluding hydrogens is 472 g/mol. The predicted octanol–water partition coefficient (Wildman–Crippen LogP) is 0.961. The van der Waals surface area contributed by atoms with E-state index in [1.807, 2.05) is 0 Å². The van der Waals surface area contributed by atoms with Gasteiger partial charge in [0, 0.05) is 0 Å². The van der Waals surface area contributed by atoms with Crippen molar-refractivity contribution in [3.05, 3.63) is 84.8 Å². The van der Waals surface area contributed by atoms with Crippen LogP contribution >= 0.6 is 11.3 Å². The van der Waals surface area contributed by atoms with Crippen LogP contribution in [0.3, 0.4) is 0 Å². The van der Waals surface area contributed by atoms with Gasteiger partial charge in [-0.05, 0) is 48.4 Å². The summed E-state index contributed by atoms with van der Waals surface area (Å²) >= 11 is 1.03. The van der Waals surface area contributed by atoms with Crippen LogP contribution in [-0.2, 0) is 19.1 Å². The minimum Gasteiger partial charge on any atom is -0.508 e. The lowest BCUT2D eigenvalue weighted by molar-refractivity contribution is -0.136. The first-order valence-corrected chi connectivity index (χ1v) is 11.4. The van der Waals surface area contributed by atoms with E-state index in [9.17, 15) is 24.6 Å². The third-order valence-electron chi connectivity index (χ3n) is 5.47. The van der Waals surface area contributed by atoms with Crippen molar-refractivity contribution in [2.24, 2.45) is 5.73 Å². The quantitative estimate of drug-likeness (QED) is 0.446. The summed E-state index contributed by atoms with van der Waals surface area (Å²) in [5, 5.41) is 19.3. The maximum absolute atomic E-state index is 13.4. The summed E-state index contributed by atoms with van der Waals surface area (Å²) in [5.74, 6) is -2.61. The fourth-order valence-corrected chi connectivity index (χ4v) is 5.05. The number of thiazole rings is 1. The van der Waals surface area contributed by atoms with Crippen molar-refractivity contribution >= 4 is 40.7 Å². The molecule has 1 aliphatic heterocycles. The van der Waals surface area contributed by atoms with Gasteiger partial charge in [0.2, 0.25) is 0 Å². The third kappa shape index (κ3) is 4.31. The summed E-state index contributed by atoms with van der Waals surface area (Å²) in [7, 11) is 1.18. The molecule has 4 rings (SSSR count). The second-order valence-electron chi connectivity index (χ2n) is 7.60. The largest absolute Gasteiger partial charge is 0.508 e. The van der Waals surface area contributed by atoms with Gasteiger partial charge in [0.15, 0.2) is 0 Å². The highest BCUT2D eigenvalue weighted by Gasteiger charge is 2.39. The van der Waals surface area contributed by atoms with Crippen LogP contribution in [0.15, 0.2) is 58.9 Å². The van der Waals surface area contributed by atoms with E-state index in [4.69, 9.17) is 15.2 Å². The topological polar surface area (TPSA) is 141 Å². The number of phenolic OH excluding ortho intramolecular Hbond substituents is 2. The number of phenols is 2. The van der Waals surface area contributed by atoms with Gasteiger partial charge in [-0.15, -0.1) is 11.3 Å². The third-order valence-corrected chi connectivity index (χ3v) is 6.57. The normalized spacial score (nSPS) is 15.7. The van der Waals surface area contributed by atoms with Gasteiger partial charge in [-0.3, -0.25) is 9.36 Å². The van der Waals surface area contributed by atoms with E-state index in [-0.39, 0.29) is 44.3 Å². The number of carbonyl (C=O) groups is 2. The molecule has 0 unspecified atom stereocenters. The number of hydrogen-bond donors (Lipinski definition) is 3. The van der Waals surface area contributed by atoms with Gasteiger partial charge in [-0.1, -0.05) is 24.3 Å². The molecular formula is C25H22N2O7S. The number of esters is 2. The van der Waals surface area contributed by atoms with E-state index in [0.29, 0.717) is 11.1 Å². The molecule has 3 aromatic rings. The molecule has 1 aliphatic rings. The van der Waals surface area contributed by atoms with Gasteiger partial charge in [0.05, 0.1) is 35.3 Å². The maximum atomic E-state index is 13.4. The number of nitrogens with zero attached hydrogens (tertiary/aromatic N) is 1.